The number of aromatic amines is 1. The summed E-state index contributed by atoms with van der Waals surface area (Å²) in [5.41, 5.74) is 7.56. The standard InChI is InChI=1S/C9H10FN3/c1-5-9-7(10)2-6(4-11)3-8(9)13-12-5/h2-3H,4,11H2,1H3,(H,12,13). The maximum Gasteiger partial charge on any atom is 0.134 e. The van der Waals surface area contributed by atoms with Gasteiger partial charge >= 0.3 is 0 Å². The summed E-state index contributed by atoms with van der Waals surface area (Å²) in [5, 5.41) is 7.26. The second-order valence-corrected chi connectivity index (χ2v) is 3.02. The minimum atomic E-state index is -0.260. The van der Waals surface area contributed by atoms with E-state index in [1.807, 2.05) is 0 Å². The molecule has 0 aliphatic heterocycles. The maximum atomic E-state index is 13.4. The van der Waals surface area contributed by atoms with Crippen molar-refractivity contribution in [1.82, 2.24) is 10.2 Å². The molecule has 0 bridgehead atoms. The molecule has 68 valence electrons. The Bertz CT molecular complexity index is 447. The molecule has 1 aromatic heterocycles. The smallest absolute Gasteiger partial charge is 0.134 e. The van der Waals surface area contributed by atoms with Gasteiger partial charge in [-0.1, -0.05) is 0 Å². The number of nitrogens with two attached hydrogens (primary N) is 1. The van der Waals surface area contributed by atoms with Crippen LogP contribution in [0.1, 0.15) is 11.3 Å². The van der Waals surface area contributed by atoms with E-state index in [0.29, 0.717) is 17.4 Å². The largest absolute Gasteiger partial charge is 0.326 e. The second kappa shape index (κ2) is 2.81. The van der Waals surface area contributed by atoms with Gasteiger partial charge in [0.25, 0.3) is 0 Å². The lowest BCUT2D eigenvalue weighted by atomic mass is 10.1. The van der Waals surface area contributed by atoms with Crippen LogP contribution < -0.4 is 5.73 Å². The highest BCUT2D eigenvalue weighted by Crippen LogP contribution is 2.20. The number of halogens is 1. The highest BCUT2D eigenvalue weighted by Gasteiger charge is 2.08. The zero-order chi connectivity index (χ0) is 9.42. The minimum Gasteiger partial charge on any atom is -0.326 e. The first kappa shape index (κ1) is 8.19. The lowest BCUT2D eigenvalue weighted by Crippen LogP contribution is -1.96. The van der Waals surface area contributed by atoms with Crippen molar-refractivity contribution < 1.29 is 4.39 Å². The van der Waals surface area contributed by atoms with Gasteiger partial charge in [0.15, 0.2) is 0 Å². The molecule has 0 fully saturated rings. The van der Waals surface area contributed by atoms with Gasteiger partial charge in [-0.25, -0.2) is 4.39 Å². The Labute approximate surface area is 74.7 Å². The highest BCUT2D eigenvalue weighted by molar-refractivity contribution is 5.82. The van der Waals surface area contributed by atoms with Crippen LogP contribution in [0, 0.1) is 12.7 Å². The normalized spacial score (nSPS) is 11.0. The number of aryl methyl sites for hydroxylation is 1. The molecule has 4 heteroatoms. The zero-order valence-electron chi connectivity index (χ0n) is 7.26. The minimum absolute atomic E-state index is 0.260. The summed E-state index contributed by atoms with van der Waals surface area (Å²) >= 11 is 0. The molecule has 0 unspecified atom stereocenters. The fourth-order valence-electron chi connectivity index (χ4n) is 1.42. The van der Waals surface area contributed by atoms with Crippen molar-refractivity contribution in [2.75, 3.05) is 0 Å². The van der Waals surface area contributed by atoms with Crippen LogP contribution in [0.25, 0.3) is 10.9 Å². The lowest BCUT2D eigenvalue weighted by Gasteiger charge is -1.97. The van der Waals surface area contributed by atoms with E-state index in [2.05, 4.69) is 10.2 Å². The van der Waals surface area contributed by atoms with E-state index >= 15 is 0 Å². The lowest BCUT2D eigenvalue weighted by molar-refractivity contribution is 0.637. The molecular weight excluding hydrogens is 169 g/mol. The van der Waals surface area contributed by atoms with Crippen molar-refractivity contribution in [3.05, 3.63) is 29.2 Å². The summed E-state index contributed by atoms with van der Waals surface area (Å²) in [6.07, 6.45) is 0. The summed E-state index contributed by atoms with van der Waals surface area (Å²) in [6.45, 7) is 2.12. The van der Waals surface area contributed by atoms with Crippen molar-refractivity contribution in [2.45, 2.75) is 13.5 Å². The van der Waals surface area contributed by atoms with Crippen molar-refractivity contribution in [2.24, 2.45) is 5.73 Å². The molecule has 13 heavy (non-hydrogen) atoms. The third-order valence-corrected chi connectivity index (χ3v) is 2.08. The average Bonchev–Trinajstić information content (AvgIpc) is 2.48. The number of nitrogens with zero attached hydrogens (tertiary/aromatic N) is 1. The number of H-pyrrole nitrogens is 1. The van der Waals surface area contributed by atoms with Crippen LogP contribution in [-0.4, -0.2) is 10.2 Å². The number of rotatable bonds is 1. The van der Waals surface area contributed by atoms with Gasteiger partial charge < -0.3 is 5.73 Å². The maximum absolute atomic E-state index is 13.4. The van der Waals surface area contributed by atoms with Crippen LogP contribution in [0.5, 0.6) is 0 Å². The van der Waals surface area contributed by atoms with E-state index in [9.17, 15) is 4.39 Å². The van der Waals surface area contributed by atoms with E-state index in [0.717, 1.165) is 11.3 Å². The van der Waals surface area contributed by atoms with Gasteiger partial charge in [0.1, 0.15) is 5.82 Å². The first-order valence-corrected chi connectivity index (χ1v) is 4.05. The van der Waals surface area contributed by atoms with Gasteiger partial charge in [0.2, 0.25) is 0 Å². The number of fused-ring (bicyclic) bond motifs is 1. The molecule has 0 atom stereocenters. The van der Waals surface area contributed by atoms with Crippen molar-refractivity contribution in [3.8, 4) is 0 Å². The van der Waals surface area contributed by atoms with E-state index in [1.165, 1.54) is 6.07 Å². The number of benzene rings is 1. The quantitative estimate of drug-likeness (QED) is 0.696. The second-order valence-electron chi connectivity index (χ2n) is 3.02. The third-order valence-electron chi connectivity index (χ3n) is 2.08. The Morgan fingerprint density at radius 1 is 1.54 bits per heavy atom. The molecule has 0 radical (unpaired) electrons. The van der Waals surface area contributed by atoms with Crippen molar-refractivity contribution >= 4 is 10.9 Å². The topological polar surface area (TPSA) is 54.7 Å². The first-order valence-electron chi connectivity index (χ1n) is 4.05. The van der Waals surface area contributed by atoms with E-state index in [4.69, 9.17) is 5.73 Å². The van der Waals surface area contributed by atoms with Gasteiger partial charge in [-0.15, -0.1) is 0 Å². The molecule has 0 saturated heterocycles. The van der Waals surface area contributed by atoms with Crippen LogP contribution in [-0.2, 0) is 6.54 Å². The molecule has 0 spiro atoms. The van der Waals surface area contributed by atoms with Gasteiger partial charge in [-0.3, -0.25) is 5.10 Å². The van der Waals surface area contributed by atoms with Crippen LogP contribution in [0.15, 0.2) is 12.1 Å². The SMILES string of the molecule is Cc1[nH]nc2cc(CN)cc(F)c12. The van der Waals surface area contributed by atoms with Gasteiger partial charge in [-0.2, -0.15) is 5.10 Å². The Balaban J connectivity index is 2.79. The van der Waals surface area contributed by atoms with Gasteiger partial charge in [-0.05, 0) is 24.6 Å². The Morgan fingerprint density at radius 2 is 2.31 bits per heavy atom. The molecule has 0 aliphatic carbocycles. The third kappa shape index (κ3) is 1.19. The molecule has 1 aromatic carbocycles. The molecule has 2 rings (SSSR count). The molecule has 0 aliphatic rings. The van der Waals surface area contributed by atoms with E-state index in [1.54, 1.807) is 13.0 Å². The summed E-state index contributed by atoms with van der Waals surface area (Å²) < 4.78 is 13.4. The summed E-state index contributed by atoms with van der Waals surface area (Å²) in [5.74, 6) is -0.260. The molecule has 0 saturated carbocycles. The summed E-state index contributed by atoms with van der Waals surface area (Å²) in [7, 11) is 0. The average molecular weight is 179 g/mol. The molecule has 3 N–H and O–H groups in total. The monoisotopic (exact) mass is 179 g/mol. The molecule has 0 amide bonds. The van der Waals surface area contributed by atoms with Crippen LogP contribution in [0.2, 0.25) is 0 Å². The molecule has 2 aromatic rings. The number of hydrogen-bond donors (Lipinski definition) is 2. The summed E-state index contributed by atoms with van der Waals surface area (Å²) in [6, 6.07) is 3.24. The van der Waals surface area contributed by atoms with E-state index in [-0.39, 0.29) is 5.82 Å². The van der Waals surface area contributed by atoms with Crippen molar-refractivity contribution in [1.29, 1.82) is 0 Å². The van der Waals surface area contributed by atoms with Crippen LogP contribution in [0.4, 0.5) is 4.39 Å². The Hall–Kier alpha value is -1.42. The molecule has 1 heterocycles. The molecular formula is C9H10FN3. The zero-order valence-corrected chi connectivity index (χ0v) is 7.26. The number of nitrogens with one attached hydrogen (secondary N) is 1. The Kier molecular flexibility index (Phi) is 1.77. The van der Waals surface area contributed by atoms with Crippen LogP contribution in [0.3, 0.4) is 0 Å². The summed E-state index contributed by atoms with van der Waals surface area (Å²) in [4.78, 5) is 0. The Morgan fingerprint density at radius 3 is 3.00 bits per heavy atom. The van der Waals surface area contributed by atoms with Gasteiger partial charge in [0.05, 0.1) is 10.9 Å². The number of hydrogen-bond acceptors (Lipinski definition) is 2. The fourth-order valence-corrected chi connectivity index (χ4v) is 1.42. The van der Waals surface area contributed by atoms with Gasteiger partial charge in [0, 0.05) is 12.2 Å². The predicted octanol–water partition coefficient (Wildman–Crippen LogP) is 1.47. The fraction of sp³-hybridized carbons (Fsp3) is 0.222. The predicted molar refractivity (Wildman–Crippen MR) is 48.7 cm³/mol. The first-order chi connectivity index (χ1) is 6.22. The van der Waals surface area contributed by atoms with Crippen LogP contribution >= 0.6 is 0 Å². The van der Waals surface area contributed by atoms with E-state index < -0.39 is 0 Å². The highest BCUT2D eigenvalue weighted by atomic mass is 19.1. The number of aromatic nitrogens is 2. The van der Waals surface area contributed by atoms with Crippen molar-refractivity contribution in [3.63, 3.8) is 0 Å². The molecule has 3 nitrogen and oxygen atoms in total.